The molecular formula is C14H18O2. The molecule has 0 aliphatic rings. The Kier molecular flexibility index (Phi) is 4.29. The van der Waals surface area contributed by atoms with E-state index in [1.54, 1.807) is 0 Å². The predicted molar refractivity (Wildman–Crippen MR) is 65.2 cm³/mol. The molecule has 1 aromatic rings. The van der Waals surface area contributed by atoms with Crippen LogP contribution in [0, 0.1) is 0 Å². The molecule has 0 aliphatic heterocycles. The third-order valence-electron chi connectivity index (χ3n) is 2.96. The van der Waals surface area contributed by atoms with Gasteiger partial charge in [0.25, 0.3) is 0 Å². The van der Waals surface area contributed by atoms with Gasteiger partial charge < -0.3 is 4.74 Å². The van der Waals surface area contributed by atoms with Crippen LogP contribution in [0.5, 0.6) is 0 Å². The summed E-state index contributed by atoms with van der Waals surface area (Å²) in [4.78, 5) is 11.1. The van der Waals surface area contributed by atoms with Crippen molar-refractivity contribution in [3.8, 4) is 0 Å². The van der Waals surface area contributed by atoms with Crippen molar-refractivity contribution in [2.75, 3.05) is 7.11 Å². The number of benzene rings is 1. The summed E-state index contributed by atoms with van der Waals surface area (Å²) in [5.74, 6) is -0.177. The number of rotatable bonds is 5. The molecule has 1 unspecified atom stereocenters. The molecular weight excluding hydrogens is 200 g/mol. The second-order valence-corrected chi connectivity index (χ2v) is 4.06. The molecule has 0 aromatic heterocycles. The van der Waals surface area contributed by atoms with Crippen LogP contribution in [0.4, 0.5) is 0 Å². The number of allylic oxidation sites excluding steroid dienone is 1. The molecule has 2 nitrogen and oxygen atoms in total. The van der Waals surface area contributed by atoms with Crippen LogP contribution in [-0.2, 0) is 14.9 Å². The van der Waals surface area contributed by atoms with Crippen molar-refractivity contribution in [2.24, 2.45) is 0 Å². The lowest BCUT2D eigenvalue weighted by Gasteiger charge is -2.25. The van der Waals surface area contributed by atoms with Crippen LogP contribution >= 0.6 is 0 Å². The van der Waals surface area contributed by atoms with E-state index >= 15 is 0 Å². The molecule has 0 saturated carbocycles. The number of esters is 1. The number of ether oxygens (including phenoxy) is 1. The van der Waals surface area contributed by atoms with E-state index in [1.165, 1.54) is 12.7 Å². The lowest BCUT2D eigenvalue weighted by atomic mass is 9.79. The van der Waals surface area contributed by atoms with Crippen LogP contribution in [0.25, 0.3) is 0 Å². The summed E-state index contributed by atoms with van der Waals surface area (Å²) in [6.07, 6.45) is 3.02. The van der Waals surface area contributed by atoms with Crippen molar-refractivity contribution >= 4 is 5.97 Å². The first-order chi connectivity index (χ1) is 7.62. The van der Waals surface area contributed by atoms with Crippen LogP contribution in [0.3, 0.4) is 0 Å². The Balaban J connectivity index is 2.78. The quantitative estimate of drug-likeness (QED) is 0.560. The van der Waals surface area contributed by atoms with Crippen molar-refractivity contribution in [3.05, 3.63) is 48.6 Å². The minimum absolute atomic E-state index is 0.171. The summed E-state index contributed by atoms with van der Waals surface area (Å²) >= 11 is 0. The Morgan fingerprint density at radius 2 is 2.06 bits per heavy atom. The number of methoxy groups -OCH3 is 1. The summed E-state index contributed by atoms with van der Waals surface area (Å²) < 4.78 is 4.65. The summed E-state index contributed by atoms with van der Waals surface area (Å²) in [6, 6.07) is 10.1. The molecule has 0 N–H and O–H groups in total. The monoisotopic (exact) mass is 218 g/mol. The van der Waals surface area contributed by atoms with Gasteiger partial charge in [0.2, 0.25) is 0 Å². The zero-order valence-corrected chi connectivity index (χ0v) is 9.90. The number of carbonyl (C=O) groups is 1. The van der Waals surface area contributed by atoms with E-state index in [1.807, 2.05) is 24.3 Å². The fourth-order valence-corrected chi connectivity index (χ4v) is 1.65. The lowest BCUT2D eigenvalue weighted by Crippen LogP contribution is -2.20. The van der Waals surface area contributed by atoms with Gasteiger partial charge in [-0.05, 0) is 12.0 Å². The van der Waals surface area contributed by atoms with Gasteiger partial charge in [0.15, 0.2) is 0 Å². The minimum atomic E-state index is -0.177. The van der Waals surface area contributed by atoms with Gasteiger partial charge in [-0.15, -0.1) is 6.58 Å². The Hall–Kier alpha value is -1.57. The molecule has 0 bridgehead atoms. The van der Waals surface area contributed by atoms with Crippen molar-refractivity contribution in [1.29, 1.82) is 0 Å². The summed E-state index contributed by atoms with van der Waals surface area (Å²) in [6.45, 7) is 5.94. The first kappa shape index (κ1) is 12.5. The van der Waals surface area contributed by atoms with Gasteiger partial charge in [-0.25, -0.2) is 0 Å². The van der Waals surface area contributed by atoms with Gasteiger partial charge in [0.1, 0.15) is 0 Å². The normalized spacial score (nSPS) is 13.9. The first-order valence-corrected chi connectivity index (χ1v) is 5.38. The molecule has 1 aromatic carbocycles. The molecule has 2 heteroatoms. The third kappa shape index (κ3) is 2.96. The number of hydrogen-bond acceptors (Lipinski definition) is 2. The Bertz CT molecular complexity index is 356. The fraction of sp³-hybridized carbons (Fsp3) is 0.357. The number of hydrogen-bond donors (Lipinski definition) is 0. The molecule has 0 aliphatic carbocycles. The van der Waals surface area contributed by atoms with E-state index in [0.29, 0.717) is 12.8 Å². The Morgan fingerprint density at radius 1 is 1.44 bits per heavy atom. The smallest absolute Gasteiger partial charge is 0.305 e. The number of carbonyl (C=O) groups excluding carboxylic acids is 1. The van der Waals surface area contributed by atoms with E-state index in [0.717, 1.165) is 0 Å². The first-order valence-electron chi connectivity index (χ1n) is 5.38. The highest BCUT2D eigenvalue weighted by molar-refractivity contribution is 5.69. The second kappa shape index (κ2) is 5.50. The maximum absolute atomic E-state index is 11.1. The summed E-state index contributed by atoms with van der Waals surface area (Å²) in [7, 11) is 1.41. The highest BCUT2D eigenvalue weighted by Gasteiger charge is 2.23. The lowest BCUT2D eigenvalue weighted by molar-refractivity contribution is -0.140. The average molecular weight is 218 g/mol. The Labute approximate surface area is 96.9 Å². The van der Waals surface area contributed by atoms with E-state index in [-0.39, 0.29) is 11.4 Å². The Morgan fingerprint density at radius 3 is 2.56 bits per heavy atom. The van der Waals surface area contributed by atoms with Gasteiger partial charge in [-0.3, -0.25) is 4.79 Å². The molecule has 0 saturated heterocycles. The average Bonchev–Trinajstić information content (AvgIpc) is 2.36. The molecule has 16 heavy (non-hydrogen) atoms. The van der Waals surface area contributed by atoms with Gasteiger partial charge in [-0.2, -0.15) is 0 Å². The largest absolute Gasteiger partial charge is 0.469 e. The van der Waals surface area contributed by atoms with Crippen molar-refractivity contribution in [2.45, 2.75) is 25.2 Å². The summed E-state index contributed by atoms with van der Waals surface area (Å²) in [5.41, 5.74) is 1.00. The molecule has 86 valence electrons. The topological polar surface area (TPSA) is 26.3 Å². The van der Waals surface area contributed by atoms with Gasteiger partial charge in [0, 0.05) is 11.8 Å². The molecule has 1 rings (SSSR count). The zero-order valence-electron chi connectivity index (χ0n) is 9.90. The standard InChI is InChI=1S/C14H18O2/c1-4-14(2,11-10-13(15)16-3)12-8-6-5-7-9-12/h4-9H,1,10-11H2,2-3H3. The molecule has 0 amide bonds. The van der Waals surface area contributed by atoms with Crippen LogP contribution in [0.1, 0.15) is 25.3 Å². The van der Waals surface area contributed by atoms with E-state index in [4.69, 9.17) is 0 Å². The SMILES string of the molecule is C=CC(C)(CCC(=O)OC)c1ccccc1. The minimum Gasteiger partial charge on any atom is -0.469 e. The highest BCUT2D eigenvalue weighted by atomic mass is 16.5. The van der Waals surface area contributed by atoms with Crippen molar-refractivity contribution < 1.29 is 9.53 Å². The molecule has 0 heterocycles. The third-order valence-corrected chi connectivity index (χ3v) is 2.96. The molecule has 0 radical (unpaired) electrons. The predicted octanol–water partition coefficient (Wildman–Crippen LogP) is 3.08. The van der Waals surface area contributed by atoms with Crippen LogP contribution < -0.4 is 0 Å². The highest BCUT2D eigenvalue weighted by Crippen LogP contribution is 2.30. The van der Waals surface area contributed by atoms with Crippen LogP contribution in [0.2, 0.25) is 0 Å². The van der Waals surface area contributed by atoms with E-state index in [2.05, 4.69) is 30.4 Å². The molecule has 0 fully saturated rings. The van der Waals surface area contributed by atoms with Gasteiger partial charge in [0.05, 0.1) is 7.11 Å². The van der Waals surface area contributed by atoms with E-state index < -0.39 is 0 Å². The van der Waals surface area contributed by atoms with Crippen molar-refractivity contribution in [3.63, 3.8) is 0 Å². The fourth-order valence-electron chi connectivity index (χ4n) is 1.65. The maximum atomic E-state index is 11.1. The van der Waals surface area contributed by atoms with Crippen LogP contribution in [-0.4, -0.2) is 13.1 Å². The second-order valence-electron chi connectivity index (χ2n) is 4.06. The zero-order chi connectivity index (χ0) is 12.0. The van der Waals surface area contributed by atoms with Crippen molar-refractivity contribution in [1.82, 2.24) is 0 Å². The molecule has 1 atom stereocenters. The van der Waals surface area contributed by atoms with Crippen LogP contribution in [0.15, 0.2) is 43.0 Å². The van der Waals surface area contributed by atoms with Gasteiger partial charge >= 0.3 is 5.97 Å². The molecule has 0 spiro atoms. The summed E-state index contributed by atoms with van der Waals surface area (Å²) in [5, 5.41) is 0. The van der Waals surface area contributed by atoms with Gasteiger partial charge in [-0.1, -0.05) is 43.3 Å². The van der Waals surface area contributed by atoms with E-state index in [9.17, 15) is 4.79 Å². The maximum Gasteiger partial charge on any atom is 0.305 e.